The standard InChI is InChI=1S/C19H21ClF4N6O4/c1-3-9-12-17(29-15(25)28-12)18(32,33)13(6(2)30(17)16(26)27-9)34-14(31)10-7(19(22,23)24)4-5-8(20)11(10)21/h4-6,9,12-13,32-33H,3H2,1-2H3,(H5,25,26,27,28,29)/p+1/t6-,9-,12-,13-,17-/m0/s1. The van der Waals surface area contributed by atoms with E-state index in [-0.39, 0.29) is 11.9 Å². The van der Waals surface area contributed by atoms with Gasteiger partial charge >= 0.3 is 18.1 Å². The van der Waals surface area contributed by atoms with Gasteiger partial charge in [0.15, 0.2) is 17.9 Å². The summed E-state index contributed by atoms with van der Waals surface area (Å²) >= 11 is 5.60. The Kier molecular flexibility index (Phi) is 5.42. The van der Waals surface area contributed by atoms with Crippen LogP contribution in [0.2, 0.25) is 5.02 Å². The highest BCUT2D eigenvalue weighted by Gasteiger charge is 2.78. The first kappa shape index (κ1) is 24.3. The number of rotatable bonds is 3. The van der Waals surface area contributed by atoms with Crippen LogP contribution in [0, 0.1) is 5.82 Å². The highest BCUT2D eigenvalue weighted by molar-refractivity contribution is 6.31. The zero-order valence-electron chi connectivity index (χ0n) is 17.8. The van der Waals surface area contributed by atoms with E-state index >= 15 is 0 Å². The molecule has 0 unspecified atom stereocenters. The Hall–Kier alpha value is -2.84. The van der Waals surface area contributed by atoms with Crippen LogP contribution in [0.1, 0.15) is 36.2 Å². The molecule has 10 nitrogen and oxygen atoms in total. The number of hydrogen-bond donors (Lipinski definition) is 6. The highest BCUT2D eigenvalue weighted by atomic mass is 35.5. The number of guanidine groups is 2. The van der Waals surface area contributed by atoms with E-state index < -0.39 is 69.8 Å². The summed E-state index contributed by atoms with van der Waals surface area (Å²) in [5.41, 5.74) is 6.92. The minimum atomic E-state index is -5.12. The van der Waals surface area contributed by atoms with Crippen LogP contribution >= 0.6 is 11.6 Å². The molecule has 0 radical (unpaired) electrons. The molecule has 0 bridgehead atoms. The minimum absolute atomic E-state index is 0.0380. The van der Waals surface area contributed by atoms with Crippen molar-refractivity contribution in [3.05, 3.63) is 34.1 Å². The third-order valence-electron chi connectivity index (χ3n) is 6.46. The molecule has 3 aliphatic rings. The predicted molar refractivity (Wildman–Crippen MR) is 110 cm³/mol. The molecular formula is C19H22ClF4N6O4+. The average molecular weight is 510 g/mol. The maximum atomic E-state index is 14.6. The normalized spacial score (nSPS) is 31.9. The second-order valence-corrected chi connectivity index (χ2v) is 8.75. The number of hydrogen-bond acceptors (Lipinski definition) is 9. The minimum Gasteiger partial charge on any atom is -0.449 e. The summed E-state index contributed by atoms with van der Waals surface area (Å²) in [5.74, 6) is -6.63. The van der Waals surface area contributed by atoms with Gasteiger partial charge in [-0.15, -0.1) is 0 Å². The molecule has 3 aliphatic heterocycles. The van der Waals surface area contributed by atoms with Crippen LogP contribution in [0.5, 0.6) is 0 Å². The van der Waals surface area contributed by atoms with E-state index in [4.69, 9.17) is 27.8 Å². The summed E-state index contributed by atoms with van der Waals surface area (Å²) in [6.45, 7) is 3.17. The summed E-state index contributed by atoms with van der Waals surface area (Å²) in [4.78, 5) is 17.1. The number of aliphatic imine (C=N–C) groups is 1. The largest absolute Gasteiger partial charge is 0.449 e. The molecule has 1 aromatic carbocycles. The van der Waals surface area contributed by atoms with Crippen molar-refractivity contribution in [1.29, 1.82) is 0 Å². The van der Waals surface area contributed by atoms with E-state index in [1.165, 1.54) is 11.5 Å². The van der Waals surface area contributed by atoms with Crippen molar-refractivity contribution >= 4 is 29.5 Å². The van der Waals surface area contributed by atoms with Crippen molar-refractivity contribution in [2.24, 2.45) is 16.5 Å². The predicted octanol–water partition coefficient (Wildman–Crippen LogP) is -0.202. The van der Waals surface area contributed by atoms with Crippen LogP contribution in [0.4, 0.5) is 17.6 Å². The smallest absolute Gasteiger partial charge is 0.417 e. The van der Waals surface area contributed by atoms with E-state index in [0.717, 1.165) is 0 Å². The van der Waals surface area contributed by atoms with Gasteiger partial charge in [0.2, 0.25) is 5.66 Å². The third kappa shape index (κ3) is 3.11. The first-order valence-corrected chi connectivity index (χ1v) is 10.6. The Morgan fingerprint density at radius 1 is 1.35 bits per heavy atom. The fourth-order valence-electron chi connectivity index (χ4n) is 5.04. The number of esters is 1. The van der Waals surface area contributed by atoms with Crippen molar-refractivity contribution in [2.75, 3.05) is 0 Å². The van der Waals surface area contributed by atoms with Gasteiger partial charge in [0.25, 0.3) is 5.79 Å². The fourth-order valence-corrected chi connectivity index (χ4v) is 5.20. The lowest BCUT2D eigenvalue weighted by Crippen LogP contribution is -2.78. The summed E-state index contributed by atoms with van der Waals surface area (Å²) < 4.78 is 61.4. The molecule has 0 aliphatic carbocycles. The van der Waals surface area contributed by atoms with Gasteiger partial charge in [-0.25, -0.2) is 18.8 Å². The maximum absolute atomic E-state index is 14.6. The number of nitrogens with one attached hydrogen (secondary N) is 2. The number of alkyl halides is 3. The van der Waals surface area contributed by atoms with Gasteiger partial charge < -0.3 is 26.0 Å². The molecule has 0 saturated carbocycles. The van der Waals surface area contributed by atoms with E-state index in [9.17, 15) is 32.6 Å². The second kappa shape index (κ2) is 7.58. The molecule has 186 valence electrons. The molecule has 1 fully saturated rings. The number of benzene rings is 1. The quantitative estimate of drug-likeness (QED) is 0.141. The number of carbonyl (C=O) groups excluding carboxylic acids is 1. The Bertz CT molecular complexity index is 1130. The topological polar surface area (TPSA) is 158 Å². The lowest BCUT2D eigenvalue weighted by Gasteiger charge is -2.43. The molecule has 1 aromatic rings. The first-order chi connectivity index (χ1) is 15.7. The SMILES string of the molecule is CC[C@@H]1NC(N)=[N+]2[C@@H](C)[C@H](OC(=O)c3c(C(F)(F)F)ccc(Cl)c3F)C(O)(O)[C@@]23NC(N)=N[C@@H]13. The number of nitrogens with two attached hydrogens (primary N) is 2. The molecule has 15 heteroatoms. The van der Waals surface area contributed by atoms with Gasteiger partial charge in [0, 0.05) is 0 Å². The van der Waals surface area contributed by atoms with Crippen molar-refractivity contribution < 1.29 is 41.9 Å². The number of nitrogens with zero attached hydrogens (tertiary/aromatic N) is 2. The fraction of sp³-hybridized carbons (Fsp3) is 0.526. The van der Waals surface area contributed by atoms with Gasteiger partial charge in [-0.1, -0.05) is 18.5 Å². The molecule has 4 rings (SSSR count). The van der Waals surface area contributed by atoms with Gasteiger partial charge in [-0.2, -0.15) is 13.2 Å². The summed E-state index contributed by atoms with van der Waals surface area (Å²) in [6.07, 6.45) is -6.60. The van der Waals surface area contributed by atoms with Gasteiger partial charge in [-0.3, -0.25) is 11.1 Å². The molecule has 34 heavy (non-hydrogen) atoms. The van der Waals surface area contributed by atoms with Crippen LogP contribution in [0.25, 0.3) is 0 Å². The highest BCUT2D eigenvalue weighted by Crippen LogP contribution is 2.46. The van der Waals surface area contributed by atoms with Gasteiger partial charge in [0.1, 0.15) is 23.7 Å². The van der Waals surface area contributed by atoms with Crippen molar-refractivity contribution in [3.8, 4) is 0 Å². The van der Waals surface area contributed by atoms with Crippen LogP contribution in [0.3, 0.4) is 0 Å². The van der Waals surface area contributed by atoms with E-state index in [1.807, 2.05) is 0 Å². The molecule has 3 heterocycles. The zero-order chi connectivity index (χ0) is 25.4. The zero-order valence-corrected chi connectivity index (χ0v) is 18.6. The molecule has 5 atom stereocenters. The summed E-state index contributed by atoms with van der Waals surface area (Å²) in [6, 6.07) is -1.52. The number of halogens is 5. The van der Waals surface area contributed by atoms with E-state index in [0.29, 0.717) is 18.6 Å². The molecule has 1 saturated heterocycles. The van der Waals surface area contributed by atoms with Gasteiger partial charge in [0.05, 0.1) is 10.6 Å². The summed E-state index contributed by atoms with van der Waals surface area (Å²) in [7, 11) is 0. The Balaban J connectivity index is 1.80. The molecular weight excluding hydrogens is 488 g/mol. The van der Waals surface area contributed by atoms with Crippen LogP contribution in [0.15, 0.2) is 17.1 Å². The molecule has 1 spiro atoms. The first-order valence-electron chi connectivity index (χ1n) is 10.2. The van der Waals surface area contributed by atoms with E-state index in [2.05, 4.69) is 15.6 Å². The second-order valence-electron chi connectivity index (χ2n) is 8.34. The van der Waals surface area contributed by atoms with Crippen LogP contribution < -0.4 is 22.1 Å². The van der Waals surface area contributed by atoms with Crippen LogP contribution in [-0.2, 0) is 10.9 Å². The monoisotopic (exact) mass is 509 g/mol. The van der Waals surface area contributed by atoms with Crippen molar-refractivity contribution in [2.45, 2.75) is 62.1 Å². The number of ether oxygens (including phenoxy) is 1. The lowest BCUT2D eigenvalue weighted by molar-refractivity contribution is -0.646. The number of aliphatic hydroxyl groups is 2. The number of carbonyl (C=O) groups is 1. The van der Waals surface area contributed by atoms with Crippen molar-refractivity contribution in [3.63, 3.8) is 0 Å². The van der Waals surface area contributed by atoms with Gasteiger partial charge in [-0.05, 0) is 25.5 Å². The average Bonchev–Trinajstić information content (AvgIpc) is 3.16. The van der Waals surface area contributed by atoms with E-state index in [1.54, 1.807) is 6.92 Å². The Morgan fingerprint density at radius 2 is 2.00 bits per heavy atom. The van der Waals surface area contributed by atoms with Crippen LogP contribution in [-0.4, -0.2) is 68.4 Å². The lowest BCUT2D eigenvalue weighted by atomic mass is 9.85. The summed E-state index contributed by atoms with van der Waals surface area (Å²) in [5, 5.41) is 27.5. The van der Waals surface area contributed by atoms with Crippen molar-refractivity contribution in [1.82, 2.24) is 10.6 Å². The Labute approximate surface area is 195 Å². The molecule has 0 amide bonds. The maximum Gasteiger partial charge on any atom is 0.417 e. The Morgan fingerprint density at radius 3 is 2.59 bits per heavy atom. The third-order valence-corrected chi connectivity index (χ3v) is 6.75. The molecule has 8 N–H and O–H groups in total. The molecule has 0 aromatic heterocycles.